The highest BCUT2D eigenvalue weighted by Crippen LogP contribution is 2.16. The molecule has 0 saturated carbocycles. The van der Waals surface area contributed by atoms with Gasteiger partial charge in [-0.15, -0.1) is 0 Å². The number of aromatic carboxylic acids is 1. The van der Waals surface area contributed by atoms with Crippen LogP contribution in [0.25, 0.3) is 11.3 Å². The maximum atomic E-state index is 11.2. The first-order valence-electron chi connectivity index (χ1n) is 4.98. The first kappa shape index (κ1) is 11.1. The average molecular weight is 230 g/mol. The Kier molecular flexibility index (Phi) is 2.74. The predicted octanol–water partition coefficient (Wildman–Crippen LogP) is 1.44. The molecular weight excluding hydrogens is 220 g/mol. The van der Waals surface area contributed by atoms with Gasteiger partial charge < -0.3 is 5.11 Å². The lowest BCUT2D eigenvalue weighted by atomic mass is 10.1. The number of nitrogens with zero attached hydrogens (tertiary/aromatic N) is 1. The van der Waals surface area contributed by atoms with Gasteiger partial charge in [0.15, 0.2) is 0 Å². The second kappa shape index (κ2) is 4.21. The average Bonchev–Trinajstić information content (AvgIpc) is 2.33. The molecule has 0 atom stereocenters. The number of nitrogens with one attached hydrogen (secondary N) is 1. The van der Waals surface area contributed by atoms with Crippen LogP contribution in [-0.2, 0) is 0 Å². The molecule has 0 aliphatic carbocycles. The molecule has 0 saturated heterocycles. The standard InChI is InChI=1S/C12H10N2O3/c1-7-6-10(13-14-11(7)15)8-2-4-9(5-3-8)12(16)17/h2-6H,1H3,(H,14,15)(H,16,17). The van der Waals surface area contributed by atoms with Crippen molar-refractivity contribution in [3.63, 3.8) is 0 Å². The fourth-order valence-corrected chi connectivity index (χ4v) is 1.43. The zero-order valence-electron chi connectivity index (χ0n) is 9.10. The summed E-state index contributed by atoms with van der Waals surface area (Å²) >= 11 is 0. The minimum atomic E-state index is -0.970. The molecule has 2 N–H and O–H groups in total. The summed E-state index contributed by atoms with van der Waals surface area (Å²) in [5.74, 6) is -0.970. The molecule has 0 aliphatic rings. The van der Waals surface area contributed by atoms with E-state index < -0.39 is 5.97 Å². The van der Waals surface area contributed by atoms with Gasteiger partial charge in [0.25, 0.3) is 5.56 Å². The molecule has 0 spiro atoms. The third kappa shape index (κ3) is 2.23. The second-order valence-electron chi connectivity index (χ2n) is 3.65. The Balaban J connectivity index is 2.43. The third-order valence-corrected chi connectivity index (χ3v) is 2.42. The first-order chi connectivity index (χ1) is 8.08. The largest absolute Gasteiger partial charge is 0.478 e. The van der Waals surface area contributed by atoms with Crippen molar-refractivity contribution >= 4 is 5.97 Å². The van der Waals surface area contributed by atoms with E-state index in [1.807, 2.05) is 0 Å². The fourth-order valence-electron chi connectivity index (χ4n) is 1.43. The lowest BCUT2D eigenvalue weighted by Crippen LogP contribution is -2.11. The molecule has 17 heavy (non-hydrogen) atoms. The minimum absolute atomic E-state index is 0.217. The van der Waals surface area contributed by atoms with Gasteiger partial charge >= 0.3 is 5.97 Å². The van der Waals surface area contributed by atoms with Crippen LogP contribution >= 0.6 is 0 Å². The van der Waals surface area contributed by atoms with E-state index in [9.17, 15) is 9.59 Å². The molecule has 2 aromatic rings. The molecule has 0 bridgehead atoms. The number of benzene rings is 1. The van der Waals surface area contributed by atoms with E-state index in [1.54, 1.807) is 25.1 Å². The van der Waals surface area contributed by atoms with E-state index in [0.717, 1.165) is 5.56 Å². The van der Waals surface area contributed by atoms with Gasteiger partial charge in [-0.1, -0.05) is 12.1 Å². The molecule has 0 radical (unpaired) electrons. The maximum Gasteiger partial charge on any atom is 0.335 e. The number of carboxylic acid groups (broad SMARTS) is 1. The minimum Gasteiger partial charge on any atom is -0.478 e. The van der Waals surface area contributed by atoms with E-state index in [4.69, 9.17) is 5.11 Å². The smallest absolute Gasteiger partial charge is 0.335 e. The summed E-state index contributed by atoms with van der Waals surface area (Å²) < 4.78 is 0. The molecule has 1 aromatic heterocycles. The van der Waals surface area contributed by atoms with Gasteiger partial charge in [0, 0.05) is 11.1 Å². The number of hydrogen-bond acceptors (Lipinski definition) is 3. The molecule has 1 aromatic carbocycles. The Morgan fingerprint density at radius 1 is 1.29 bits per heavy atom. The van der Waals surface area contributed by atoms with Crippen molar-refractivity contribution in [3.8, 4) is 11.3 Å². The summed E-state index contributed by atoms with van der Waals surface area (Å²) in [6.07, 6.45) is 0. The normalized spacial score (nSPS) is 10.2. The van der Waals surface area contributed by atoms with Crippen molar-refractivity contribution in [2.24, 2.45) is 0 Å². The molecule has 0 aliphatic heterocycles. The highest BCUT2D eigenvalue weighted by atomic mass is 16.4. The summed E-state index contributed by atoms with van der Waals surface area (Å²) in [6, 6.07) is 7.97. The monoisotopic (exact) mass is 230 g/mol. The van der Waals surface area contributed by atoms with Crippen LogP contribution in [0.15, 0.2) is 35.1 Å². The molecule has 2 rings (SSSR count). The second-order valence-corrected chi connectivity index (χ2v) is 3.65. The van der Waals surface area contributed by atoms with Crippen LogP contribution in [0.3, 0.4) is 0 Å². The van der Waals surface area contributed by atoms with Gasteiger partial charge in [0.05, 0.1) is 11.3 Å². The van der Waals surface area contributed by atoms with Crippen molar-refractivity contribution in [2.75, 3.05) is 0 Å². The summed E-state index contributed by atoms with van der Waals surface area (Å²) in [5.41, 5.74) is 1.93. The Morgan fingerprint density at radius 2 is 1.94 bits per heavy atom. The third-order valence-electron chi connectivity index (χ3n) is 2.42. The Hall–Kier alpha value is -2.43. The van der Waals surface area contributed by atoms with Crippen molar-refractivity contribution in [1.29, 1.82) is 0 Å². The predicted molar refractivity (Wildman–Crippen MR) is 62.0 cm³/mol. The zero-order chi connectivity index (χ0) is 12.4. The number of aromatic nitrogens is 2. The molecule has 1 heterocycles. The SMILES string of the molecule is Cc1cc(-c2ccc(C(=O)O)cc2)n[nH]c1=O. The Morgan fingerprint density at radius 3 is 2.47 bits per heavy atom. The number of H-pyrrole nitrogens is 1. The summed E-state index contributed by atoms with van der Waals surface area (Å²) in [6.45, 7) is 1.69. The van der Waals surface area contributed by atoms with Gasteiger partial charge in [-0.05, 0) is 25.1 Å². The Bertz CT molecular complexity index is 614. The molecule has 5 nitrogen and oxygen atoms in total. The van der Waals surface area contributed by atoms with E-state index in [2.05, 4.69) is 10.2 Å². The van der Waals surface area contributed by atoms with Crippen molar-refractivity contribution < 1.29 is 9.90 Å². The Labute approximate surface area is 96.7 Å². The summed E-state index contributed by atoms with van der Waals surface area (Å²) in [5, 5.41) is 15.0. The van der Waals surface area contributed by atoms with Crippen LogP contribution < -0.4 is 5.56 Å². The molecule has 86 valence electrons. The molecule has 0 fully saturated rings. The quantitative estimate of drug-likeness (QED) is 0.817. The van der Waals surface area contributed by atoms with Crippen LogP contribution in [-0.4, -0.2) is 21.3 Å². The number of aromatic amines is 1. The summed E-state index contributed by atoms with van der Waals surface area (Å²) in [7, 11) is 0. The van der Waals surface area contributed by atoms with Crippen LogP contribution in [0.1, 0.15) is 15.9 Å². The van der Waals surface area contributed by atoms with Crippen LogP contribution in [0, 0.1) is 6.92 Å². The van der Waals surface area contributed by atoms with Gasteiger partial charge in [0.2, 0.25) is 0 Å². The fraction of sp³-hybridized carbons (Fsp3) is 0.0833. The number of aryl methyl sites for hydroxylation is 1. The van der Waals surface area contributed by atoms with Crippen molar-refractivity contribution in [1.82, 2.24) is 10.2 Å². The molecule has 0 amide bonds. The van der Waals surface area contributed by atoms with Gasteiger partial charge in [-0.3, -0.25) is 4.79 Å². The van der Waals surface area contributed by atoms with Crippen LogP contribution in [0.4, 0.5) is 0 Å². The van der Waals surface area contributed by atoms with Crippen molar-refractivity contribution in [2.45, 2.75) is 6.92 Å². The van der Waals surface area contributed by atoms with Gasteiger partial charge in [-0.2, -0.15) is 5.10 Å². The van der Waals surface area contributed by atoms with Gasteiger partial charge in [-0.25, -0.2) is 9.89 Å². The molecular formula is C12H10N2O3. The topological polar surface area (TPSA) is 83.0 Å². The summed E-state index contributed by atoms with van der Waals surface area (Å²) in [4.78, 5) is 21.8. The lowest BCUT2D eigenvalue weighted by Gasteiger charge is -2.01. The molecule has 0 unspecified atom stereocenters. The first-order valence-corrected chi connectivity index (χ1v) is 4.98. The van der Waals surface area contributed by atoms with Crippen LogP contribution in [0.5, 0.6) is 0 Å². The number of carbonyl (C=O) groups is 1. The van der Waals surface area contributed by atoms with E-state index in [-0.39, 0.29) is 11.1 Å². The van der Waals surface area contributed by atoms with E-state index in [0.29, 0.717) is 11.3 Å². The number of hydrogen-bond donors (Lipinski definition) is 2. The number of carboxylic acids is 1. The highest BCUT2D eigenvalue weighted by Gasteiger charge is 2.05. The zero-order valence-corrected chi connectivity index (χ0v) is 9.10. The van der Waals surface area contributed by atoms with Gasteiger partial charge in [0.1, 0.15) is 0 Å². The van der Waals surface area contributed by atoms with E-state index >= 15 is 0 Å². The molecule has 5 heteroatoms. The maximum absolute atomic E-state index is 11.2. The van der Waals surface area contributed by atoms with Crippen LogP contribution in [0.2, 0.25) is 0 Å². The lowest BCUT2D eigenvalue weighted by molar-refractivity contribution is 0.0697. The highest BCUT2D eigenvalue weighted by molar-refractivity contribution is 5.88. The van der Waals surface area contributed by atoms with Crippen molar-refractivity contribution in [3.05, 3.63) is 51.8 Å². The van der Waals surface area contributed by atoms with E-state index in [1.165, 1.54) is 12.1 Å². The number of rotatable bonds is 2.